The minimum absolute atomic E-state index is 0.259. The number of hydrogen-bond donors (Lipinski definition) is 1. The van der Waals surface area contributed by atoms with Crippen LogP contribution < -0.4 is 0 Å². The maximum Gasteiger partial charge on any atom is 0.340 e. The van der Waals surface area contributed by atoms with Crippen molar-refractivity contribution >= 4 is 38.5 Å². The molecule has 0 aliphatic carbocycles. The number of fused-ring (bicyclic) bond motifs is 5. The SMILES string of the molecule is CCCCOC(=O)c1cc2ccccc2c2c1[nH]c1ccccc12. The molecule has 3 heteroatoms. The number of hydrogen-bond acceptors (Lipinski definition) is 2. The van der Waals surface area contributed by atoms with Gasteiger partial charge in [-0.2, -0.15) is 0 Å². The number of unbranched alkanes of at least 4 members (excludes halogenated alkanes) is 1. The molecule has 1 heterocycles. The number of nitrogens with one attached hydrogen (secondary N) is 1. The number of benzene rings is 3. The highest BCUT2D eigenvalue weighted by molar-refractivity contribution is 6.24. The Bertz CT molecular complexity index is 1050. The van der Waals surface area contributed by atoms with Gasteiger partial charge in [0.1, 0.15) is 0 Å². The number of aromatic amines is 1. The van der Waals surface area contributed by atoms with Gasteiger partial charge in [-0.3, -0.25) is 0 Å². The number of para-hydroxylation sites is 1. The summed E-state index contributed by atoms with van der Waals surface area (Å²) in [6, 6.07) is 18.3. The Labute approximate surface area is 140 Å². The fraction of sp³-hybridized carbons (Fsp3) is 0.190. The van der Waals surface area contributed by atoms with E-state index in [9.17, 15) is 4.79 Å². The van der Waals surface area contributed by atoms with Gasteiger partial charge in [0.15, 0.2) is 0 Å². The highest BCUT2D eigenvalue weighted by Gasteiger charge is 2.17. The van der Waals surface area contributed by atoms with Gasteiger partial charge in [-0.25, -0.2) is 4.79 Å². The number of carbonyl (C=O) groups excluding carboxylic acids is 1. The molecule has 0 aliphatic rings. The molecule has 0 fully saturated rings. The van der Waals surface area contributed by atoms with Gasteiger partial charge in [0.05, 0.1) is 17.7 Å². The van der Waals surface area contributed by atoms with Crippen molar-refractivity contribution in [1.82, 2.24) is 4.98 Å². The van der Waals surface area contributed by atoms with E-state index in [2.05, 4.69) is 24.0 Å². The summed E-state index contributed by atoms with van der Waals surface area (Å²) in [4.78, 5) is 16.0. The van der Waals surface area contributed by atoms with Gasteiger partial charge in [0.25, 0.3) is 0 Å². The monoisotopic (exact) mass is 317 g/mol. The molecule has 3 aromatic carbocycles. The highest BCUT2D eigenvalue weighted by Crippen LogP contribution is 2.34. The van der Waals surface area contributed by atoms with Crippen molar-refractivity contribution in [3.63, 3.8) is 0 Å². The van der Waals surface area contributed by atoms with Gasteiger partial charge >= 0.3 is 5.97 Å². The normalized spacial score (nSPS) is 11.4. The molecule has 0 saturated heterocycles. The highest BCUT2D eigenvalue weighted by atomic mass is 16.5. The van der Waals surface area contributed by atoms with Gasteiger partial charge in [-0.15, -0.1) is 0 Å². The Hall–Kier alpha value is -2.81. The van der Waals surface area contributed by atoms with E-state index >= 15 is 0 Å². The van der Waals surface area contributed by atoms with Crippen LogP contribution in [0, 0.1) is 0 Å². The summed E-state index contributed by atoms with van der Waals surface area (Å²) in [5.74, 6) is -0.259. The molecular formula is C21H19NO2. The van der Waals surface area contributed by atoms with E-state index in [1.54, 1.807) is 0 Å². The zero-order chi connectivity index (χ0) is 16.5. The molecular weight excluding hydrogens is 298 g/mol. The lowest BCUT2D eigenvalue weighted by atomic mass is 10.00. The van der Waals surface area contributed by atoms with E-state index < -0.39 is 0 Å². The largest absolute Gasteiger partial charge is 0.462 e. The number of aromatic nitrogens is 1. The van der Waals surface area contributed by atoms with Crippen molar-refractivity contribution in [3.05, 3.63) is 60.2 Å². The number of H-pyrrole nitrogens is 1. The van der Waals surface area contributed by atoms with Crippen molar-refractivity contribution in [2.75, 3.05) is 6.61 Å². The first-order chi connectivity index (χ1) is 11.8. The summed E-state index contributed by atoms with van der Waals surface area (Å²) in [5, 5.41) is 4.42. The van der Waals surface area contributed by atoms with Crippen LogP contribution in [-0.2, 0) is 4.74 Å². The summed E-state index contributed by atoms with van der Waals surface area (Å²) in [6.07, 6.45) is 1.89. The third-order valence-electron chi connectivity index (χ3n) is 4.46. The van der Waals surface area contributed by atoms with Crippen LogP contribution in [0.3, 0.4) is 0 Å². The van der Waals surface area contributed by atoms with Crippen LogP contribution in [-0.4, -0.2) is 17.6 Å². The van der Waals surface area contributed by atoms with E-state index in [4.69, 9.17) is 4.74 Å². The zero-order valence-electron chi connectivity index (χ0n) is 13.6. The molecule has 0 bridgehead atoms. The maximum absolute atomic E-state index is 12.6. The molecule has 3 nitrogen and oxygen atoms in total. The van der Waals surface area contributed by atoms with Crippen molar-refractivity contribution in [2.45, 2.75) is 19.8 Å². The molecule has 0 aliphatic heterocycles. The van der Waals surface area contributed by atoms with Crippen LogP contribution in [0.4, 0.5) is 0 Å². The zero-order valence-corrected chi connectivity index (χ0v) is 13.6. The second-order valence-electron chi connectivity index (χ2n) is 6.06. The van der Waals surface area contributed by atoms with Crippen LogP contribution in [0.2, 0.25) is 0 Å². The van der Waals surface area contributed by atoms with E-state index in [1.807, 2.05) is 42.5 Å². The number of carbonyl (C=O) groups is 1. The smallest absolute Gasteiger partial charge is 0.340 e. The molecule has 120 valence electrons. The van der Waals surface area contributed by atoms with Crippen molar-refractivity contribution < 1.29 is 9.53 Å². The molecule has 0 radical (unpaired) electrons. The molecule has 0 atom stereocenters. The quantitative estimate of drug-likeness (QED) is 0.403. The van der Waals surface area contributed by atoms with E-state index in [-0.39, 0.29) is 5.97 Å². The van der Waals surface area contributed by atoms with Crippen molar-refractivity contribution in [1.29, 1.82) is 0 Å². The van der Waals surface area contributed by atoms with Crippen molar-refractivity contribution in [3.8, 4) is 0 Å². The van der Waals surface area contributed by atoms with Crippen LogP contribution in [0.25, 0.3) is 32.6 Å². The minimum atomic E-state index is -0.259. The molecule has 1 N–H and O–H groups in total. The third kappa shape index (κ3) is 2.33. The summed E-state index contributed by atoms with van der Waals surface area (Å²) in [5.41, 5.74) is 2.50. The second-order valence-corrected chi connectivity index (χ2v) is 6.06. The summed E-state index contributed by atoms with van der Waals surface area (Å²) in [7, 11) is 0. The average Bonchev–Trinajstić information content (AvgIpc) is 3.01. The van der Waals surface area contributed by atoms with E-state index in [0.29, 0.717) is 12.2 Å². The van der Waals surface area contributed by atoms with Crippen LogP contribution in [0.15, 0.2) is 54.6 Å². The molecule has 1 aromatic heterocycles. The predicted molar refractivity (Wildman–Crippen MR) is 98.5 cm³/mol. The molecule has 0 unspecified atom stereocenters. The third-order valence-corrected chi connectivity index (χ3v) is 4.46. The molecule has 0 saturated carbocycles. The maximum atomic E-state index is 12.6. The van der Waals surface area contributed by atoms with Crippen LogP contribution >= 0.6 is 0 Å². The Morgan fingerprint density at radius 3 is 2.62 bits per heavy atom. The van der Waals surface area contributed by atoms with Crippen LogP contribution in [0.5, 0.6) is 0 Å². The Morgan fingerprint density at radius 2 is 1.79 bits per heavy atom. The number of ether oxygens (including phenoxy) is 1. The number of esters is 1. The van der Waals surface area contributed by atoms with Gasteiger partial charge in [0, 0.05) is 16.3 Å². The molecule has 0 spiro atoms. The first kappa shape index (κ1) is 14.8. The lowest BCUT2D eigenvalue weighted by Crippen LogP contribution is -2.07. The molecule has 0 amide bonds. The minimum Gasteiger partial charge on any atom is -0.462 e. The second kappa shape index (κ2) is 6.00. The van der Waals surface area contributed by atoms with Gasteiger partial charge < -0.3 is 9.72 Å². The van der Waals surface area contributed by atoms with E-state index in [1.165, 1.54) is 0 Å². The van der Waals surface area contributed by atoms with Gasteiger partial charge in [0.2, 0.25) is 0 Å². The van der Waals surface area contributed by atoms with E-state index in [0.717, 1.165) is 45.4 Å². The number of rotatable bonds is 4. The Kier molecular flexibility index (Phi) is 3.69. The first-order valence-corrected chi connectivity index (χ1v) is 8.39. The summed E-state index contributed by atoms with van der Waals surface area (Å²) in [6.45, 7) is 2.55. The lowest BCUT2D eigenvalue weighted by Gasteiger charge is -2.08. The topological polar surface area (TPSA) is 42.1 Å². The fourth-order valence-corrected chi connectivity index (χ4v) is 3.25. The summed E-state index contributed by atoms with van der Waals surface area (Å²) >= 11 is 0. The Balaban J connectivity index is 2.00. The lowest BCUT2D eigenvalue weighted by molar-refractivity contribution is 0.0502. The molecule has 24 heavy (non-hydrogen) atoms. The molecule has 4 aromatic rings. The average molecular weight is 317 g/mol. The Morgan fingerprint density at radius 1 is 1.04 bits per heavy atom. The van der Waals surface area contributed by atoms with Gasteiger partial charge in [-0.1, -0.05) is 55.8 Å². The predicted octanol–water partition coefficient (Wildman–Crippen LogP) is 5.43. The first-order valence-electron chi connectivity index (χ1n) is 8.39. The van der Waals surface area contributed by atoms with Gasteiger partial charge in [-0.05, 0) is 29.3 Å². The van der Waals surface area contributed by atoms with Crippen molar-refractivity contribution in [2.24, 2.45) is 0 Å². The molecule has 4 rings (SSSR count). The standard InChI is InChI=1S/C21H19NO2/c1-2-3-12-24-21(23)17-13-14-8-4-5-9-15(14)19-16-10-6-7-11-18(16)22-20(17)19/h4-11,13,22H,2-3,12H2,1H3. The fourth-order valence-electron chi connectivity index (χ4n) is 3.25. The van der Waals surface area contributed by atoms with Crippen LogP contribution in [0.1, 0.15) is 30.1 Å². The summed E-state index contributed by atoms with van der Waals surface area (Å²) < 4.78 is 5.46.